The van der Waals surface area contributed by atoms with Crippen LogP contribution in [0.15, 0.2) is 29.6 Å². The van der Waals surface area contributed by atoms with Crippen LogP contribution in [0.4, 0.5) is 0 Å². The maximum atomic E-state index is 5.89. The summed E-state index contributed by atoms with van der Waals surface area (Å²) in [6.07, 6.45) is 0. The first-order chi connectivity index (χ1) is 8.56. The first-order valence-electron chi connectivity index (χ1n) is 6.00. The van der Waals surface area contributed by atoms with Gasteiger partial charge in [0.15, 0.2) is 0 Å². The maximum absolute atomic E-state index is 5.89. The third-order valence-corrected chi connectivity index (χ3v) is 3.99. The zero-order chi connectivity index (χ0) is 13.1. The summed E-state index contributed by atoms with van der Waals surface area (Å²) in [4.78, 5) is 4.51. The maximum Gasteiger partial charge on any atom is 0.0898 e. The van der Waals surface area contributed by atoms with Gasteiger partial charge in [-0.2, -0.15) is 0 Å². The number of hydrogen-bond acceptors (Lipinski definition) is 3. The number of thiazole rings is 1. The van der Waals surface area contributed by atoms with Crippen LogP contribution in [0.5, 0.6) is 0 Å². The fraction of sp³-hybridized carbons (Fsp3) is 0.357. The van der Waals surface area contributed by atoms with E-state index in [1.165, 1.54) is 5.56 Å². The molecule has 2 unspecified atom stereocenters. The van der Waals surface area contributed by atoms with E-state index < -0.39 is 0 Å². The Bertz CT molecular complexity index is 507. The van der Waals surface area contributed by atoms with Crippen molar-refractivity contribution in [1.82, 2.24) is 10.3 Å². The molecule has 0 saturated heterocycles. The minimum Gasteiger partial charge on any atom is -0.302 e. The van der Waals surface area contributed by atoms with Crippen LogP contribution in [0, 0.1) is 6.92 Å². The van der Waals surface area contributed by atoms with Gasteiger partial charge < -0.3 is 5.32 Å². The van der Waals surface area contributed by atoms with E-state index in [0.717, 1.165) is 15.7 Å². The molecule has 2 nitrogen and oxygen atoms in total. The molecular weight excluding hydrogens is 264 g/mol. The fourth-order valence-corrected chi connectivity index (χ4v) is 2.72. The third-order valence-electron chi connectivity index (χ3n) is 2.95. The van der Waals surface area contributed by atoms with Crippen molar-refractivity contribution in [3.05, 3.63) is 50.9 Å². The number of nitrogens with zero attached hydrogens (tertiary/aromatic N) is 1. The number of rotatable bonds is 4. The predicted molar refractivity (Wildman–Crippen MR) is 78.3 cm³/mol. The highest BCUT2D eigenvalue weighted by Gasteiger charge is 2.13. The molecule has 2 rings (SSSR count). The average Bonchev–Trinajstić information content (AvgIpc) is 2.76. The molecule has 0 aliphatic heterocycles. The van der Waals surface area contributed by atoms with E-state index >= 15 is 0 Å². The summed E-state index contributed by atoms with van der Waals surface area (Å²) in [6, 6.07) is 8.48. The average molecular weight is 281 g/mol. The van der Waals surface area contributed by atoms with Crippen LogP contribution in [0.2, 0.25) is 5.02 Å². The largest absolute Gasteiger partial charge is 0.302 e. The highest BCUT2D eigenvalue weighted by Crippen LogP contribution is 2.21. The van der Waals surface area contributed by atoms with Gasteiger partial charge in [0, 0.05) is 22.5 Å². The number of benzene rings is 1. The van der Waals surface area contributed by atoms with Gasteiger partial charge in [-0.1, -0.05) is 23.7 Å². The molecule has 1 N–H and O–H groups in total. The van der Waals surface area contributed by atoms with Gasteiger partial charge in [0.25, 0.3) is 0 Å². The smallest absolute Gasteiger partial charge is 0.0898 e. The van der Waals surface area contributed by atoms with Gasteiger partial charge in [0.2, 0.25) is 0 Å². The number of nitrogens with one attached hydrogen (secondary N) is 1. The molecule has 0 saturated carbocycles. The van der Waals surface area contributed by atoms with Gasteiger partial charge in [0.05, 0.1) is 10.7 Å². The number of aromatic nitrogens is 1. The molecular formula is C14H17ClN2S. The van der Waals surface area contributed by atoms with Gasteiger partial charge >= 0.3 is 0 Å². The van der Waals surface area contributed by atoms with Gasteiger partial charge in [-0.15, -0.1) is 11.3 Å². The topological polar surface area (TPSA) is 24.9 Å². The molecule has 4 heteroatoms. The predicted octanol–water partition coefficient (Wildman–Crippen LogP) is 4.52. The minimum atomic E-state index is 0.251. The van der Waals surface area contributed by atoms with Crippen LogP contribution >= 0.6 is 22.9 Å². The summed E-state index contributed by atoms with van der Waals surface area (Å²) in [5, 5.41) is 7.54. The van der Waals surface area contributed by atoms with Crippen molar-refractivity contribution in [2.45, 2.75) is 32.9 Å². The molecule has 0 fully saturated rings. The molecule has 0 bridgehead atoms. The molecule has 1 aromatic carbocycles. The van der Waals surface area contributed by atoms with E-state index in [9.17, 15) is 0 Å². The lowest BCUT2D eigenvalue weighted by Gasteiger charge is -2.19. The SMILES string of the molecule is Cc1nc(C(C)NC(C)c2ccc(Cl)cc2)cs1. The quantitative estimate of drug-likeness (QED) is 0.891. The normalized spacial score (nSPS) is 14.4. The van der Waals surface area contributed by atoms with Crippen LogP contribution in [0.25, 0.3) is 0 Å². The Morgan fingerprint density at radius 3 is 2.39 bits per heavy atom. The van der Waals surface area contributed by atoms with Crippen LogP contribution < -0.4 is 5.32 Å². The Kier molecular flexibility index (Phi) is 4.38. The second-order valence-corrected chi connectivity index (χ2v) is 5.95. The summed E-state index contributed by atoms with van der Waals surface area (Å²) in [6.45, 7) is 6.32. The van der Waals surface area contributed by atoms with Gasteiger partial charge in [0.1, 0.15) is 0 Å². The van der Waals surface area contributed by atoms with Crippen molar-refractivity contribution in [3.63, 3.8) is 0 Å². The Morgan fingerprint density at radius 2 is 1.83 bits per heavy atom. The van der Waals surface area contributed by atoms with E-state index in [1.54, 1.807) is 11.3 Å². The minimum absolute atomic E-state index is 0.251. The van der Waals surface area contributed by atoms with Crippen molar-refractivity contribution >= 4 is 22.9 Å². The van der Waals surface area contributed by atoms with Crippen LogP contribution in [0.1, 0.15) is 42.2 Å². The van der Waals surface area contributed by atoms with Crippen molar-refractivity contribution in [3.8, 4) is 0 Å². The van der Waals surface area contributed by atoms with E-state index in [1.807, 2.05) is 19.1 Å². The summed E-state index contributed by atoms with van der Waals surface area (Å²) >= 11 is 7.58. The molecule has 2 atom stereocenters. The highest BCUT2D eigenvalue weighted by molar-refractivity contribution is 7.09. The number of halogens is 1. The summed E-state index contributed by atoms with van der Waals surface area (Å²) in [7, 11) is 0. The first kappa shape index (κ1) is 13.5. The second kappa shape index (κ2) is 5.83. The van der Waals surface area contributed by atoms with Crippen molar-refractivity contribution < 1.29 is 0 Å². The molecule has 0 aliphatic rings. The molecule has 0 radical (unpaired) electrons. The van der Waals surface area contributed by atoms with Gasteiger partial charge in [-0.25, -0.2) is 4.98 Å². The Balaban J connectivity index is 2.02. The summed E-state index contributed by atoms with van der Waals surface area (Å²) in [5.41, 5.74) is 2.34. The fourth-order valence-electron chi connectivity index (χ4n) is 1.89. The van der Waals surface area contributed by atoms with Crippen molar-refractivity contribution in [2.24, 2.45) is 0 Å². The first-order valence-corrected chi connectivity index (χ1v) is 7.25. The lowest BCUT2D eigenvalue weighted by Crippen LogP contribution is -2.22. The van der Waals surface area contributed by atoms with Crippen LogP contribution in [-0.4, -0.2) is 4.98 Å². The second-order valence-electron chi connectivity index (χ2n) is 4.45. The summed E-state index contributed by atoms with van der Waals surface area (Å²) < 4.78 is 0. The van der Waals surface area contributed by atoms with Gasteiger partial charge in [-0.05, 0) is 38.5 Å². The molecule has 18 heavy (non-hydrogen) atoms. The number of aryl methyl sites for hydroxylation is 1. The molecule has 96 valence electrons. The molecule has 0 aliphatic carbocycles. The molecule has 1 aromatic heterocycles. The van der Waals surface area contributed by atoms with E-state index in [2.05, 4.69) is 41.7 Å². The van der Waals surface area contributed by atoms with Crippen LogP contribution in [-0.2, 0) is 0 Å². The highest BCUT2D eigenvalue weighted by atomic mass is 35.5. The van der Waals surface area contributed by atoms with Crippen molar-refractivity contribution in [2.75, 3.05) is 0 Å². The lowest BCUT2D eigenvalue weighted by atomic mass is 10.1. The monoisotopic (exact) mass is 280 g/mol. The summed E-state index contributed by atoms with van der Waals surface area (Å²) in [5.74, 6) is 0. The number of hydrogen-bond donors (Lipinski definition) is 1. The lowest BCUT2D eigenvalue weighted by molar-refractivity contribution is 0.487. The third kappa shape index (κ3) is 3.31. The van der Waals surface area contributed by atoms with E-state index in [0.29, 0.717) is 0 Å². The Labute approximate surface area is 117 Å². The zero-order valence-electron chi connectivity index (χ0n) is 10.8. The van der Waals surface area contributed by atoms with Gasteiger partial charge in [-0.3, -0.25) is 0 Å². The van der Waals surface area contributed by atoms with Crippen LogP contribution in [0.3, 0.4) is 0 Å². The molecule has 0 spiro atoms. The Morgan fingerprint density at radius 1 is 1.17 bits per heavy atom. The standard InChI is InChI=1S/C14H17ClN2S/c1-9(12-4-6-13(15)7-5-12)16-10(2)14-8-18-11(3)17-14/h4-10,16H,1-3H3. The van der Waals surface area contributed by atoms with E-state index in [-0.39, 0.29) is 12.1 Å². The molecule has 0 amide bonds. The Hall–Kier alpha value is -0.900. The molecule has 1 heterocycles. The zero-order valence-corrected chi connectivity index (χ0v) is 12.3. The van der Waals surface area contributed by atoms with E-state index in [4.69, 9.17) is 11.6 Å². The van der Waals surface area contributed by atoms with Crippen molar-refractivity contribution in [1.29, 1.82) is 0 Å². The molecule has 2 aromatic rings.